The van der Waals surface area contributed by atoms with Crippen molar-refractivity contribution in [1.29, 1.82) is 0 Å². The third kappa shape index (κ3) is 5.48. The normalized spacial score (nSPS) is 11.5. The van der Waals surface area contributed by atoms with Gasteiger partial charge in [-0.15, -0.1) is 0 Å². The smallest absolute Gasteiger partial charge is 0.434 e. The Balaban J connectivity index is 1.60. The van der Waals surface area contributed by atoms with Crippen LogP contribution in [0.4, 0.5) is 39.1 Å². The van der Waals surface area contributed by atoms with Crippen molar-refractivity contribution in [1.82, 2.24) is 19.7 Å². The first-order valence-electron chi connectivity index (χ1n) is 11.0. The number of benzene rings is 1. The van der Waals surface area contributed by atoms with Crippen LogP contribution in [0.2, 0.25) is 0 Å². The lowest BCUT2D eigenvalue weighted by molar-refractivity contribution is -0.143. The summed E-state index contributed by atoms with van der Waals surface area (Å²) in [6.45, 7) is 3.71. The summed E-state index contributed by atoms with van der Waals surface area (Å²) < 4.78 is 76.2. The van der Waals surface area contributed by atoms with E-state index in [0.29, 0.717) is 11.9 Å². The molecule has 9 nitrogen and oxygen atoms in total. The van der Waals surface area contributed by atoms with Gasteiger partial charge in [0.05, 0.1) is 11.8 Å². The lowest BCUT2D eigenvalue weighted by atomic mass is 10.2. The number of rotatable bonds is 7. The number of nitrogens with one attached hydrogen (secondary N) is 2. The van der Waals surface area contributed by atoms with Gasteiger partial charge in [0.25, 0.3) is 5.91 Å². The van der Waals surface area contributed by atoms with Crippen LogP contribution in [0.5, 0.6) is 11.5 Å². The summed E-state index contributed by atoms with van der Waals surface area (Å²) in [5.74, 6) is -3.91. The molecule has 1 aromatic carbocycles. The number of nitrogen functional groups attached to an aromatic ring is 1. The van der Waals surface area contributed by atoms with E-state index < -0.39 is 40.8 Å². The molecule has 0 aliphatic rings. The highest BCUT2D eigenvalue weighted by atomic mass is 19.4. The molecule has 4 aromatic rings. The van der Waals surface area contributed by atoms with E-state index in [2.05, 4.69) is 25.7 Å². The number of carbonyl (C=O) groups is 1. The van der Waals surface area contributed by atoms with Gasteiger partial charge in [0, 0.05) is 36.3 Å². The van der Waals surface area contributed by atoms with Gasteiger partial charge in [-0.25, -0.2) is 23.4 Å². The number of hydrogen-bond acceptors (Lipinski definition) is 7. The number of halogens is 5. The van der Waals surface area contributed by atoms with Crippen molar-refractivity contribution in [2.45, 2.75) is 26.1 Å². The largest absolute Gasteiger partial charge is 0.452 e. The summed E-state index contributed by atoms with van der Waals surface area (Å²) in [4.78, 5) is 20.3. The Hall–Kier alpha value is -4.75. The first-order chi connectivity index (χ1) is 18.0. The van der Waals surface area contributed by atoms with Crippen LogP contribution in [0, 0.1) is 11.6 Å². The van der Waals surface area contributed by atoms with Gasteiger partial charge < -0.3 is 21.1 Å². The molecule has 0 radical (unpaired) electrons. The zero-order valence-corrected chi connectivity index (χ0v) is 19.8. The van der Waals surface area contributed by atoms with E-state index in [-0.39, 0.29) is 33.7 Å². The first-order valence-corrected chi connectivity index (χ1v) is 11.0. The molecule has 0 fully saturated rings. The third-order valence-corrected chi connectivity index (χ3v) is 5.01. The van der Waals surface area contributed by atoms with Crippen LogP contribution < -0.4 is 21.1 Å². The number of amides is 1. The Labute approximate surface area is 212 Å². The molecule has 0 saturated carbocycles. The fourth-order valence-corrected chi connectivity index (χ4v) is 3.44. The summed E-state index contributed by atoms with van der Waals surface area (Å²) in [6.07, 6.45) is -2.02. The minimum atomic E-state index is -5.09. The molecule has 1 amide bonds. The zero-order chi connectivity index (χ0) is 27.6. The van der Waals surface area contributed by atoms with E-state index in [9.17, 15) is 26.7 Å². The second-order valence-electron chi connectivity index (χ2n) is 8.19. The number of ether oxygens (including phenoxy) is 1. The highest BCUT2D eigenvalue weighted by Crippen LogP contribution is 2.36. The van der Waals surface area contributed by atoms with Gasteiger partial charge in [-0.2, -0.15) is 18.3 Å². The molecule has 14 heteroatoms. The Morgan fingerprint density at radius 2 is 1.82 bits per heavy atom. The van der Waals surface area contributed by atoms with Gasteiger partial charge in [-0.05, 0) is 38.1 Å². The van der Waals surface area contributed by atoms with Gasteiger partial charge in [0.2, 0.25) is 0 Å². The lowest BCUT2D eigenvalue weighted by Gasteiger charge is -2.17. The molecule has 4 rings (SSSR count). The number of nitrogens with two attached hydrogens (primary N) is 1. The zero-order valence-electron chi connectivity index (χ0n) is 19.8. The molecule has 0 spiro atoms. The van der Waals surface area contributed by atoms with Crippen molar-refractivity contribution in [3.05, 3.63) is 77.9 Å². The summed E-state index contributed by atoms with van der Waals surface area (Å²) in [5.41, 5.74) is 3.59. The average Bonchev–Trinajstić information content (AvgIpc) is 3.29. The number of carbonyl (C=O) groups excluding carboxylic acids is 1. The van der Waals surface area contributed by atoms with Crippen molar-refractivity contribution < 1.29 is 31.5 Å². The predicted octanol–water partition coefficient (Wildman–Crippen LogP) is 5.41. The van der Waals surface area contributed by atoms with Crippen molar-refractivity contribution in [2.24, 2.45) is 0 Å². The minimum absolute atomic E-state index is 0.0357. The monoisotopic (exact) mass is 533 g/mol. The molecule has 0 bridgehead atoms. The maximum atomic E-state index is 14.8. The van der Waals surface area contributed by atoms with E-state index in [1.165, 1.54) is 30.5 Å². The number of aromatic nitrogens is 4. The summed E-state index contributed by atoms with van der Waals surface area (Å²) >= 11 is 0. The van der Waals surface area contributed by atoms with Crippen molar-refractivity contribution >= 4 is 23.1 Å². The molecule has 0 aliphatic carbocycles. The van der Waals surface area contributed by atoms with E-state index in [4.69, 9.17) is 10.5 Å². The maximum Gasteiger partial charge on any atom is 0.434 e. The van der Waals surface area contributed by atoms with Crippen LogP contribution in [0.25, 0.3) is 5.82 Å². The molecule has 0 aliphatic heterocycles. The average molecular weight is 533 g/mol. The second kappa shape index (κ2) is 10.3. The third-order valence-electron chi connectivity index (χ3n) is 5.01. The fourth-order valence-electron chi connectivity index (χ4n) is 3.44. The maximum absolute atomic E-state index is 14.8. The van der Waals surface area contributed by atoms with Crippen LogP contribution >= 0.6 is 0 Å². The Bertz CT molecular complexity index is 1490. The Morgan fingerprint density at radius 3 is 2.47 bits per heavy atom. The lowest BCUT2D eigenvalue weighted by Crippen LogP contribution is -2.21. The van der Waals surface area contributed by atoms with E-state index in [1.807, 2.05) is 13.8 Å². The van der Waals surface area contributed by atoms with Crippen molar-refractivity contribution in [2.75, 3.05) is 16.4 Å². The topological polar surface area (TPSA) is 120 Å². The van der Waals surface area contributed by atoms with Gasteiger partial charge in [0.1, 0.15) is 5.69 Å². The second-order valence-corrected chi connectivity index (χ2v) is 8.19. The molecule has 4 N–H and O–H groups in total. The minimum Gasteiger partial charge on any atom is -0.452 e. The van der Waals surface area contributed by atoms with Crippen molar-refractivity contribution in [3.63, 3.8) is 0 Å². The quantitative estimate of drug-likeness (QED) is 0.272. The van der Waals surface area contributed by atoms with E-state index in [1.54, 1.807) is 0 Å². The summed E-state index contributed by atoms with van der Waals surface area (Å²) in [7, 11) is 0. The molecule has 3 aromatic heterocycles. The van der Waals surface area contributed by atoms with Crippen molar-refractivity contribution in [3.8, 4) is 17.3 Å². The SMILES string of the molecule is CC(C)Nc1c(Oc2ccc(NC(=O)c3cnn(-c4ncccc4F)c3C(F)(F)F)cc2F)ccnc1N. The molecule has 0 saturated heterocycles. The van der Waals surface area contributed by atoms with Gasteiger partial charge >= 0.3 is 6.18 Å². The highest BCUT2D eigenvalue weighted by Gasteiger charge is 2.41. The molecule has 38 heavy (non-hydrogen) atoms. The molecule has 0 unspecified atom stereocenters. The van der Waals surface area contributed by atoms with E-state index >= 15 is 0 Å². The standard InChI is InChI=1S/C24H20F5N7O2/c1-12(2)34-19-18(7-9-31-21(19)30)38-17-6-5-13(10-16(17)26)35-23(37)14-11-33-36(20(14)24(27,28)29)22-15(25)4-3-8-32-22/h3-12,34H,1-2H3,(H2,30,31)(H,35,37). The highest BCUT2D eigenvalue weighted by molar-refractivity contribution is 6.05. The molecular formula is C24H20F5N7O2. The Morgan fingerprint density at radius 1 is 1.05 bits per heavy atom. The number of pyridine rings is 2. The fraction of sp³-hybridized carbons (Fsp3) is 0.167. The number of alkyl halides is 3. The molecule has 0 atom stereocenters. The predicted molar refractivity (Wildman–Crippen MR) is 128 cm³/mol. The van der Waals surface area contributed by atoms with Crippen LogP contribution in [-0.2, 0) is 6.18 Å². The molecule has 3 heterocycles. The van der Waals surface area contributed by atoms with E-state index in [0.717, 1.165) is 18.3 Å². The Kier molecular flexibility index (Phi) is 7.15. The van der Waals surface area contributed by atoms with Crippen LogP contribution in [0.3, 0.4) is 0 Å². The van der Waals surface area contributed by atoms with Gasteiger partial charge in [0.15, 0.2) is 40.5 Å². The van der Waals surface area contributed by atoms with Crippen LogP contribution in [-0.4, -0.2) is 31.7 Å². The summed E-state index contributed by atoms with van der Waals surface area (Å²) in [5, 5.41) is 8.74. The van der Waals surface area contributed by atoms with Gasteiger partial charge in [-0.1, -0.05) is 0 Å². The van der Waals surface area contributed by atoms with Crippen LogP contribution in [0.1, 0.15) is 29.9 Å². The molecular weight excluding hydrogens is 513 g/mol. The molecule has 198 valence electrons. The van der Waals surface area contributed by atoms with Gasteiger partial charge in [-0.3, -0.25) is 4.79 Å². The van der Waals surface area contributed by atoms with Crippen LogP contribution in [0.15, 0.2) is 55.0 Å². The first kappa shape index (κ1) is 26.3. The number of hydrogen-bond donors (Lipinski definition) is 3. The summed E-state index contributed by atoms with van der Waals surface area (Å²) in [6, 6.07) is 6.80. The number of nitrogens with zero attached hydrogens (tertiary/aromatic N) is 4. The number of anilines is 3.